The van der Waals surface area contributed by atoms with Gasteiger partial charge in [0.15, 0.2) is 0 Å². The Morgan fingerprint density at radius 3 is 2.44 bits per heavy atom. The maximum absolute atomic E-state index is 9.24. The first-order valence-corrected chi connectivity index (χ1v) is 7.54. The third kappa shape index (κ3) is 4.18. The van der Waals surface area contributed by atoms with Crippen molar-refractivity contribution in [3.63, 3.8) is 0 Å². The van der Waals surface area contributed by atoms with E-state index in [1.807, 2.05) is 18.5 Å². The molecule has 1 aromatic heterocycles. The summed E-state index contributed by atoms with van der Waals surface area (Å²) in [5.74, 6) is 0.864. The molecule has 0 spiro atoms. The van der Waals surface area contributed by atoms with Gasteiger partial charge in [-0.2, -0.15) is 11.8 Å². The average molecular weight is 268 g/mol. The van der Waals surface area contributed by atoms with E-state index in [0.29, 0.717) is 0 Å². The molecule has 0 bridgehead atoms. The number of anilines is 1. The number of nitrogens with zero attached hydrogens (tertiary/aromatic N) is 1. The van der Waals surface area contributed by atoms with E-state index in [2.05, 4.69) is 44.1 Å². The Kier molecular flexibility index (Phi) is 5.47. The van der Waals surface area contributed by atoms with Crippen LogP contribution in [0.4, 0.5) is 5.82 Å². The van der Waals surface area contributed by atoms with Gasteiger partial charge in [0.2, 0.25) is 0 Å². The standard InChI is InChI=1S/C14H24N2OS/c1-10(12(9-17)18-5)16-13-7-6-11(8-15-13)14(2,3)4/h6-8,10,12,17H,9H2,1-5H3,(H,15,16). The van der Waals surface area contributed by atoms with Crippen molar-refractivity contribution in [1.82, 2.24) is 4.98 Å². The summed E-state index contributed by atoms with van der Waals surface area (Å²) < 4.78 is 0. The molecule has 0 saturated carbocycles. The van der Waals surface area contributed by atoms with E-state index in [1.54, 1.807) is 11.8 Å². The molecule has 0 aliphatic carbocycles. The van der Waals surface area contributed by atoms with Crippen molar-refractivity contribution in [2.45, 2.75) is 44.4 Å². The Morgan fingerprint density at radius 2 is 2.06 bits per heavy atom. The Bertz CT molecular complexity index is 355. The lowest BCUT2D eigenvalue weighted by Gasteiger charge is -2.23. The first kappa shape index (κ1) is 15.3. The number of thioether (sulfide) groups is 1. The molecule has 0 aliphatic rings. The van der Waals surface area contributed by atoms with Gasteiger partial charge in [-0.05, 0) is 30.2 Å². The molecule has 2 unspecified atom stereocenters. The van der Waals surface area contributed by atoms with Crippen molar-refractivity contribution in [3.8, 4) is 0 Å². The van der Waals surface area contributed by atoms with Gasteiger partial charge in [0.25, 0.3) is 0 Å². The fourth-order valence-electron chi connectivity index (χ4n) is 1.69. The fourth-order valence-corrected chi connectivity index (χ4v) is 2.31. The van der Waals surface area contributed by atoms with Gasteiger partial charge in [0.05, 0.1) is 6.61 Å². The van der Waals surface area contributed by atoms with Gasteiger partial charge in [0, 0.05) is 17.5 Å². The summed E-state index contributed by atoms with van der Waals surface area (Å²) in [6, 6.07) is 4.30. The fraction of sp³-hybridized carbons (Fsp3) is 0.643. The predicted octanol–water partition coefficient (Wildman–Crippen LogP) is 2.90. The highest BCUT2D eigenvalue weighted by atomic mass is 32.2. The second-order valence-electron chi connectivity index (χ2n) is 5.57. The molecule has 4 heteroatoms. The quantitative estimate of drug-likeness (QED) is 0.862. The molecule has 0 radical (unpaired) electrons. The van der Waals surface area contributed by atoms with E-state index >= 15 is 0 Å². The zero-order valence-corrected chi connectivity index (χ0v) is 12.7. The Morgan fingerprint density at radius 1 is 1.39 bits per heavy atom. The third-order valence-electron chi connectivity index (χ3n) is 3.05. The molecule has 1 aromatic rings. The first-order valence-electron chi connectivity index (χ1n) is 6.25. The van der Waals surface area contributed by atoms with Crippen LogP contribution < -0.4 is 5.32 Å². The minimum atomic E-state index is 0.129. The normalized spacial score (nSPS) is 15.2. The van der Waals surface area contributed by atoms with Crippen molar-refractivity contribution in [1.29, 1.82) is 0 Å². The lowest BCUT2D eigenvalue weighted by atomic mass is 9.88. The Hall–Kier alpha value is -0.740. The molecule has 0 aliphatic heterocycles. The van der Waals surface area contributed by atoms with Gasteiger partial charge >= 0.3 is 0 Å². The van der Waals surface area contributed by atoms with Gasteiger partial charge in [-0.25, -0.2) is 4.98 Å². The van der Waals surface area contributed by atoms with Crippen molar-refractivity contribution in [3.05, 3.63) is 23.9 Å². The lowest BCUT2D eigenvalue weighted by Crippen LogP contribution is -2.31. The lowest BCUT2D eigenvalue weighted by molar-refractivity contribution is 0.288. The van der Waals surface area contributed by atoms with Crippen LogP contribution in [0.2, 0.25) is 0 Å². The van der Waals surface area contributed by atoms with E-state index in [1.165, 1.54) is 5.56 Å². The van der Waals surface area contributed by atoms with E-state index in [0.717, 1.165) is 5.82 Å². The van der Waals surface area contributed by atoms with Gasteiger partial charge < -0.3 is 10.4 Å². The number of aliphatic hydroxyl groups is 1. The van der Waals surface area contributed by atoms with Crippen LogP contribution in [0, 0.1) is 0 Å². The van der Waals surface area contributed by atoms with Crippen molar-refractivity contribution < 1.29 is 5.11 Å². The summed E-state index contributed by atoms with van der Waals surface area (Å²) in [6.07, 6.45) is 3.93. The summed E-state index contributed by atoms with van der Waals surface area (Å²) in [6.45, 7) is 8.77. The van der Waals surface area contributed by atoms with Crippen LogP contribution in [0.25, 0.3) is 0 Å². The van der Waals surface area contributed by atoms with Crippen LogP contribution in [0.5, 0.6) is 0 Å². The molecule has 0 fully saturated rings. The highest BCUT2D eigenvalue weighted by molar-refractivity contribution is 7.99. The Balaban J connectivity index is 2.69. The van der Waals surface area contributed by atoms with Crippen LogP contribution in [-0.4, -0.2) is 34.2 Å². The molecule has 3 nitrogen and oxygen atoms in total. The van der Waals surface area contributed by atoms with E-state index in [9.17, 15) is 5.11 Å². The number of rotatable bonds is 5. The van der Waals surface area contributed by atoms with Crippen molar-refractivity contribution >= 4 is 17.6 Å². The molecular weight excluding hydrogens is 244 g/mol. The first-order chi connectivity index (χ1) is 8.38. The van der Waals surface area contributed by atoms with Gasteiger partial charge in [-0.3, -0.25) is 0 Å². The number of hydrogen-bond acceptors (Lipinski definition) is 4. The van der Waals surface area contributed by atoms with Crippen LogP contribution in [0.15, 0.2) is 18.3 Å². The topological polar surface area (TPSA) is 45.1 Å². The van der Waals surface area contributed by atoms with E-state index in [4.69, 9.17) is 0 Å². The minimum absolute atomic E-state index is 0.129. The highest BCUT2D eigenvalue weighted by Crippen LogP contribution is 2.22. The SMILES string of the molecule is CSC(CO)C(C)Nc1ccc(C(C)(C)C)cn1. The molecule has 1 heterocycles. The van der Waals surface area contributed by atoms with Crippen LogP contribution in [-0.2, 0) is 5.41 Å². The maximum Gasteiger partial charge on any atom is 0.126 e. The summed E-state index contributed by atoms with van der Waals surface area (Å²) >= 11 is 1.66. The molecule has 0 saturated heterocycles. The summed E-state index contributed by atoms with van der Waals surface area (Å²) in [5.41, 5.74) is 1.36. The molecule has 0 aromatic carbocycles. The zero-order valence-electron chi connectivity index (χ0n) is 11.9. The van der Waals surface area contributed by atoms with Crippen LogP contribution >= 0.6 is 11.8 Å². The third-order valence-corrected chi connectivity index (χ3v) is 4.21. The van der Waals surface area contributed by atoms with E-state index in [-0.39, 0.29) is 23.3 Å². The second-order valence-corrected chi connectivity index (χ2v) is 6.65. The van der Waals surface area contributed by atoms with Gasteiger partial charge in [-0.15, -0.1) is 0 Å². The molecule has 18 heavy (non-hydrogen) atoms. The van der Waals surface area contributed by atoms with Crippen molar-refractivity contribution in [2.24, 2.45) is 0 Å². The molecule has 0 amide bonds. The van der Waals surface area contributed by atoms with Crippen molar-refractivity contribution in [2.75, 3.05) is 18.2 Å². The van der Waals surface area contributed by atoms with E-state index < -0.39 is 0 Å². The summed E-state index contributed by atoms with van der Waals surface area (Å²) in [4.78, 5) is 4.43. The molecule has 2 N–H and O–H groups in total. The molecular formula is C14H24N2OS. The summed E-state index contributed by atoms with van der Waals surface area (Å²) in [5, 5.41) is 12.8. The monoisotopic (exact) mass is 268 g/mol. The number of hydrogen-bond donors (Lipinski definition) is 2. The second kappa shape index (κ2) is 6.43. The molecule has 1 rings (SSSR count). The van der Waals surface area contributed by atoms with Gasteiger partial charge in [0.1, 0.15) is 5.82 Å². The Labute approximate surface area is 114 Å². The summed E-state index contributed by atoms with van der Waals surface area (Å²) in [7, 11) is 0. The highest BCUT2D eigenvalue weighted by Gasteiger charge is 2.16. The number of aromatic nitrogens is 1. The smallest absolute Gasteiger partial charge is 0.126 e. The largest absolute Gasteiger partial charge is 0.395 e. The zero-order chi connectivity index (χ0) is 13.8. The predicted molar refractivity (Wildman–Crippen MR) is 80.4 cm³/mol. The average Bonchev–Trinajstić information content (AvgIpc) is 2.30. The molecule has 2 atom stereocenters. The minimum Gasteiger partial charge on any atom is -0.395 e. The number of nitrogens with one attached hydrogen (secondary N) is 1. The van der Waals surface area contributed by atoms with Gasteiger partial charge in [-0.1, -0.05) is 26.8 Å². The number of aliphatic hydroxyl groups excluding tert-OH is 1. The van der Waals surface area contributed by atoms with Crippen LogP contribution in [0.3, 0.4) is 0 Å². The maximum atomic E-state index is 9.24. The number of pyridine rings is 1. The van der Waals surface area contributed by atoms with Crippen LogP contribution in [0.1, 0.15) is 33.3 Å². The molecule has 102 valence electrons.